The van der Waals surface area contributed by atoms with E-state index < -0.39 is 5.60 Å². The highest BCUT2D eigenvalue weighted by atomic mass is 32.2. The smallest absolute Gasteiger partial charge is 0.129 e. The van der Waals surface area contributed by atoms with E-state index in [-0.39, 0.29) is 11.1 Å². The first kappa shape index (κ1) is 11.9. The molecule has 0 amide bonds. The Morgan fingerprint density at radius 3 is 2.94 bits per heavy atom. The maximum Gasteiger partial charge on any atom is 0.129 e. The molecule has 88 valence electrons. The van der Waals surface area contributed by atoms with Gasteiger partial charge in [0.2, 0.25) is 0 Å². The third kappa shape index (κ3) is 1.98. The van der Waals surface area contributed by atoms with Crippen LogP contribution in [0.15, 0.2) is 18.2 Å². The lowest BCUT2D eigenvalue weighted by Crippen LogP contribution is -2.39. The van der Waals surface area contributed by atoms with E-state index in [4.69, 9.17) is 0 Å². The van der Waals surface area contributed by atoms with Gasteiger partial charge in [-0.2, -0.15) is 11.8 Å². The maximum atomic E-state index is 13.8. The van der Waals surface area contributed by atoms with Crippen molar-refractivity contribution < 1.29 is 9.50 Å². The molecular weight excluding hydrogens is 223 g/mol. The summed E-state index contributed by atoms with van der Waals surface area (Å²) in [5.74, 6) is 0.763. The largest absolute Gasteiger partial charge is 0.384 e. The molecule has 0 radical (unpaired) electrons. The van der Waals surface area contributed by atoms with Crippen LogP contribution in [0.1, 0.15) is 30.9 Å². The number of aryl methyl sites for hydroxylation is 1. The van der Waals surface area contributed by atoms with Crippen LogP contribution in [-0.4, -0.2) is 16.1 Å². The molecule has 0 bridgehead atoms. The van der Waals surface area contributed by atoms with Gasteiger partial charge in [0.05, 0.1) is 0 Å². The zero-order chi connectivity index (χ0) is 11.8. The Labute approximate surface area is 100 Å². The molecule has 0 aromatic heterocycles. The summed E-state index contributed by atoms with van der Waals surface area (Å²) in [5.41, 5.74) is 0.457. The van der Waals surface area contributed by atoms with E-state index in [0.29, 0.717) is 12.0 Å². The van der Waals surface area contributed by atoms with Gasteiger partial charge in [-0.15, -0.1) is 0 Å². The molecular formula is C13H17FOS. The lowest BCUT2D eigenvalue weighted by molar-refractivity contribution is 0.0219. The number of hydrogen-bond acceptors (Lipinski definition) is 2. The van der Waals surface area contributed by atoms with Gasteiger partial charge in [0.1, 0.15) is 11.4 Å². The SMILES string of the molecule is Cc1ccc(F)c(C2(O)CCCSC2C)c1. The van der Waals surface area contributed by atoms with Gasteiger partial charge in [-0.1, -0.05) is 24.6 Å². The number of halogens is 1. The van der Waals surface area contributed by atoms with Crippen molar-refractivity contribution in [3.8, 4) is 0 Å². The Bertz CT molecular complexity index is 394. The van der Waals surface area contributed by atoms with E-state index >= 15 is 0 Å². The molecule has 1 aromatic rings. The molecule has 0 saturated carbocycles. The van der Waals surface area contributed by atoms with Crippen LogP contribution in [0, 0.1) is 12.7 Å². The Kier molecular flexibility index (Phi) is 3.27. The van der Waals surface area contributed by atoms with Crippen LogP contribution in [0.3, 0.4) is 0 Å². The van der Waals surface area contributed by atoms with Crippen LogP contribution in [0.4, 0.5) is 4.39 Å². The van der Waals surface area contributed by atoms with E-state index in [0.717, 1.165) is 17.7 Å². The highest BCUT2D eigenvalue weighted by molar-refractivity contribution is 8.00. The molecule has 2 rings (SSSR count). The van der Waals surface area contributed by atoms with Crippen molar-refractivity contribution in [1.29, 1.82) is 0 Å². The van der Waals surface area contributed by atoms with Crippen molar-refractivity contribution in [2.75, 3.05) is 5.75 Å². The molecule has 16 heavy (non-hydrogen) atoms. The van der Waals surface area contributed by atoms with Gasteiger partial charge in [0.15, 0.2) is 0 Å². The lowest BCUT2D eigenvalue weighted by atomic mass is 9.85. The summed E-state index contributed by atoms with van der Waals surface area (Å²) in [5, 5.41) is 10.7. The monoisotopic (exact) mass is 240 g/mol. The summed E-state index contributed by atoms with van der Waals surface area (Å²) in [6.45, 7) is 3.90. The summed E-state index contributed by atoms with van der Waals surface area (Å²) in [7, 11) is 0. The second kappa shape index (κ2) is 4.38. The predicted octanol–water partition coefficient (Wildman–Crippen LogP) is 3.24. The second-order valence-corrected chi connectivity index (χ2v) is 5.97. The van der Waals surface area contributed by atoms with E-state index in [9.17, 15) is 9.50 Å². The summed E-state index contributed by atoms with van der Waals surface area (Å²) < 4.78 is 13.8. The van der Waals surface area contributed by atoms with Crippen molar-refractivity contribution in [2.45, 2.75) is 37.5 Å². The van der Waals surface area contributed by atoms with E-state index in [1.165, 1.54) is 6.07 Å². The van der Waals surface area contributed by atoms with Crippen LogP contribution in [-0.2, 0) is 5.60 Å². The molecule has 1 N–H and O–H groups in total. The van der Waals surface area contributed by atoms with Crippen LogP contribution in [0.25, 0.3) is 0 Å². The fourth-order valence-electron chi connectivity index (χ4n) is 2.27. The van der Waals surface area contributed by atoms with Crippen LogP contribution < -0.4 is 0 Å². The minimum atomic E-state index is -1.00. The number of rotatable bonds is 1. The van der Waals surface area contributed by atoms with Gasteiger partial charge in [-0.05, 0) is 31.6 Å². The Morgan fingerprint density at radius 2 is 2.25 bits per heavy atom. The van der Waals surface area contributed by atoms with Gasteiger partial charge in [0, 0.05) is 10.8 Å². The maximum absolute atomic E-state index is 13.8. The van der Waals surface area contributed by atoms with Gasteiger partial charge in [-0.25, -0.2) is 4.39 Å². The zero-order valence-corrected chi connectivity index (χ0v) is 10.5. The highest BCUT2D eigenvalue weighted by Gasteiger charge is 2.40. The first-order chi connectivity index (χ1) is 7.54. The average molecular weight is 240 g/mol. The molecule has 1 nitrogen and oxygen atoms in total. The highest BCUT2D eigenvalue weighted by Crippen LogP contribution is 2.42. The summed E-state index contributed by atoms with van der Waals surface area (Å²) in [4.78, 5) is 0. The fourth-order valence-corrected chi connectivity index (χ4v) is 3.45. The summed E-state index contributed by atoms with van der Waals surface area (Å²) >= 11 is 1.72. The van der Waals surface area contributed by atoms with Crippen molar-refractivity contribution >= 4 is 11.8 Å². The zero-order valence-electron chi connectivity index (χ0n) is 9.66. The van der Waals surface area contributed by atoms with Gasteiger partial charge in [0.25, 0.3) is 0 Å². The number of aliphatic hydroxyl groups is 1. The summed E-state index contributed by atoms with van der Waals surface area (Å²) in [6, 6.07) is 4.97. The average Bonchev–Trinajstić information content (AvgIpc) is 2.26. The Morgan fingerprint density at radius 1 is 1.50 bits per heavy atom. The minimum Gasteiger partial charge on any atom is -0.384 e. The Balaban J connectivity index is 2.44. The topological polar surface area (TPSA) is 20.2 Å². The summed E-state index contributed by atoms with van der Waals surface area (Å²) in [6.07, 6.45) is 1.60. The lowest BCUT2D eigenvalue weighted by Gasteiger charge is -2.38. The fraction of sp³-hybridized carbons (Fsp3) is 0.538. The molecule has 2 atom stereocenters. The second-order valence-electron chi connectivity index (χ2n) is 4.52. The molecule has 1 aliphatic rings. The van der Waals surface area contributed by atoms with Crippen molar-refractivity contribution in [3.63, 3.8) is 0 Å². The number of benzene rings is 1. The quantitative estimate of drug-likeness (QED) is 0.813. The van der Waals surface area contributed by atoms with Crippen LogP contribution in [0.5, 0.6) is 0 Å². The van der Waals surface area contributed by atoms with Crippen molar-refractivity contribution in [2.24, 2.45) is 0 Å². The van der Waals surface area contributed by atoms with E-state index in [2.05, 4.69) is 0 Å². The van der Waals surface area contributed by atoms with Crippen LogP contribution >= 0.6 is 11.8 Å². The van der Waals surface area contributed by atoms with Gasteiger partial charge in [-0.3, -0.25) is 0 Å². The van der Waals surface area contributed by atoms with Crippen LogP contribution in [0.2, 0.25) is 0 Å². The Hall–Kier alpha value is -0.540. The normalized spacial score (nSPS) is 30.4. The first-order valence-electron chi connectivity index (χ1n) is 5.64. The third-order valence-electron chi connectivity index (χ3n) is 3.33. The molecule has 1 aliphatic heterocycles. The molecule has 3 heteroatoms. The predicted molar refractivity (Wildman–Crippen MR) is 66.2 cm³/mol. The minimum absolute atomic E-state index is 0.0533. The van der Waals surface area contributed by atoms with E-state index in [1.807, 2.05) is 13.8 Å². The number of hydrogen-bond donors (Lipinski definition) is 1. The standard InChI is InChI=1S/C13H17FOS/c1-9-4-5-12(14)11(8-9)13(15)6-3-7-16-10(13)2/h4-5,8,10,15H,3,6-7H2,1-2H3. The van der Waals surface area contributed by atoms with Crippen molar-refractivity contribution in [1.82, 2.24) is 0 Å². The van der Waals surface area contributed by atoms with E-state index in [1.54, 1.807) is 23.9 Å². The molecule has 0 aliphatic carbocycles. The molecule has 1 aromatic carbocycles. The van der Waals surface area contributed by atoms with Gasteiger partial charge < -0.3 is 5.11 Å². The molecule has 1 saturated heterocycles. The van der Waals surface area contributed by atoms with Gasteiger partial charge >= 0.3 is 0 Å². The first-order valence-corrected chi connectivity index (χ1v) is 6.69. The molecule has 1 fully saturated rings. The molecule has 0 spiro atoms. The molecule has 2 unspecified atom stereocenters. The molecule has 1 heterocycles. The van der Waals surface area contributed by atoms with Crippen molar-refractivity contribution in [3.05, 3.63) is 35.1 Å². The number of thioether (sulfide) groups is 1. The third-order valence-corrected chi connectivity index (χ3v) is 4.75.